The maximum Gasteiger partial charge on any atom is 0 e. The minimum absolute atomic E-state index is 0. The van der Waals surface area contributed by atoms with E-state index in [1.165, 1.54) is 23.6 Å². The van der Waals surface area contributed by atoms with Crippen LogP contribution in [-0.4, -0.2) is 0 Å². The molecule has 1 aliphatic carbocycles. The number of hydrogen-bond donors (Lipinski definition) is 0. The van der Waals surface area contributed by atoms with E-state index in [-0.39, 0.29) is 25.8 Å². The van der Waals surface area contributed by atoms with Crippen molar-refractivity contribution >= 4 is 10.8 Å². The van der Waals surface area contributed by atoms with Crippen LogP contribution >= 0.6 is 0 Å². The first-order chi connectivity index (χ1) is 8.88. The molecule has 0 fully saturated rings. The molecule has 0 bridgehead atoms. The summed E-state index contributed by atoms with van der Waals surface area (Å²) in [6.45, 7) is 4.36. The number of hydrogen-bond acceptors (Lipinski definition) is 0. The fourth-order valence-corrected chi connectivity index (χ4v) is 1.41. The number of benzene rings is 1. The summed E-state index contributed by atoms with van der Waals surface area (Å²) in [6, 6.07) is 14.7. The van der Waals surface area contributed by atoms with E-state index in [1.54, 1.807) is 0 Å². The Hall–Kier alpha value is -0.820. The average Bonchev–Trinajstić information content (AvgIpc) is 3.12. The van der Waals surface area contributed by atoms with E-state index < -0.39 is 0 Å². The maximum atomic E-state index is 2.99. The Labute approximate surface area is 136 Å². The second kappa shape index (κ2) is 12.2. The summed E-state index contributed by atoms with van der Waals surface area (Å²) in [5, 5.41) is 2.66. The molecule has 0 nitrogen and oxygen atoms in total. The van der Waals surface area contributed by atoms with Gasteiger partial charge in [0.05, 0.1) is 0 Å². The molecule has 1 heteroatoms. The normalized spacial score (nSPS) is 11.1. The Kier molecular flexibility index (Phi) is 11.7. The Bertz CT molecular complexity index is 435. The van der Waals surface area contributed by atoms with E-state index in [9.17, 15) is 0 Å². The molecule has 0 spiro atoms. The van der Waals surface area contributed by atoms with Crippen LogP contribution in [-0.2, 0) is 25.8 Å². The van der Waals surface area contributed by atoms with Crippen molar-refractivity contribution in [3.05, 3.63) is 66.8 Å². The third-order valence-electron chi connectivity index (χ3n) is 2.63. The second-order valence-electron chi connectivity index (χ2n) is 4.16. The van der Waals surface area contributed by atoms with Gasteiger partial charge in [0.2, 0.25) is 0 Å². The summed E-state index contributed by atoms with van der Waals surface area (Å²) in [5.74, 6) is 0. The van der Waals surface area contributed by atoms with Crippen LogP contribution in [0.25, 0.3) is 10.8 Å². The van der Waals surface area contributed by atoms with Crippen molar-refractivity contribution in [1.82, 2.24) is 0 Å². The quantitative estimate of drug-likeness (QED) is 0.415. The van der Waals surface area contributed by atoms with Crippen molar-refractivity contribution < 1.29 is 25.8 Å². The number of rotatable bonds is 1. The fourth-order valence-electron chi connectivity index (χ4n) is 1.41. The van der Waals surface area contributed by atoms with E-state index >= 15 is 0 Å². The number of unbranched alkanes of at least 4 members (excludes halogenated alkanes) is 1. The van der Waals surface area contributed by atoms with Crippen molar-refractivity contribution in [2.75, 3.05) is 0 Å². The van der Waals surface area contributed by atoms with Crippen molar-refractivity contribution in [2.24, 2.45) is 0 Å². The largest absolute Gasteiger partial charge is 0.273 e. The Morgan fingerprint density at radius 3 is 2.32 bits per heavy atom. The van der Waals surface area contributed by atoms with Crippen LogP contribution < -0.4 is 0 Å². The van der Waals surface area contributed by atoms with Gasteiger partial charge in [-0.3, -0.25) is 6.08 Å². The molecule has 0 N–H and O–H groups in total. The van der Waals surface area contributed by atoms with Gasteiger partial charge in [0.25, 0.3) is 0 Å². The van der Waals surface area contributed by atoms with E-state index in [0.29, 0.717) is 0 Å². The maximum absolute atomic E-state index is 2.99. The van der Waals surface area contributed by atoms with E-state index in [1.807, 2.05) is 12.2 Å². The van der Waals surface area contributed by atoms with Gasteiger partial charge in [-0.2, -0.15) is 23.6 Å². The van der Waals surface area contributed by atoms with Crippen molar-refractivity contribution in [3.63, 3.8) is 0 Å². The van der Waals surface area contributed by atoms with Crippen molar-refractivity contribution in [2.45, 2.75) is 33.1 Å². The van der Waals surface area contributed by atoms with Crippen LogP contribution in [0.2, 0.25) is 0 Å². The van der Waals surface area contributed by atoms with Gasteiger partial charge in [-0.25, -0.2) is 12.2 Å². The zero-order chi connectivity index (χ0) is 13.1. The van der Waals surface area contributed by atoms with Crippen LogP contribution in [0.5, 0.6) is 0 Å². The molecule has 19 heavy (non-hydrogen) atoms. The van der Waals surface area contributed by atoms with Gasteiger partial charge >= 0.3 is 0 Å². The molecule has 0 aromatic heterocycles. The Morgan fingerprint density at radius 2 is 1.84 bits per heavy atom. The first kappa shape index (κ1) is 18.2. The number of allylic oxidation sites excluding steroid dienone is 4. The van der Waals surface area contributed by atoms with Crippen LogP contribution in [0.4, 0.5) is 0 Å². The molecule has 100 valence electrons. The Morgan fingerprint density at radius 1 is 1.11 bits per heavy atom. The van der Waals surface area contributed by atoms with Crippen LogP contribution in [0, 0.1) is 6.08 Å². The van der Waals surface area contributed by atoms with Gasteiger partial charge in [-0.05, 0) is 0 Å². The monoisotopic (exact) mass is 418 g/mol. The summed E-state index contributed by atoms with van der Waals surface area (Å²) in [6.07, 6.45) is 12.6. The van der Waals surface area contributed by atoms with E-state index in [2.05, 4.69) is 68.5 Å². The van der Waals surface area contributed by atoms with Gasteiger partial charge in [-0.1, -0.05) is 32.8 Å². The third kappa shape index (κ3) is 8.05. The molecule has 1 aliphatic rings. The summed E-state index contributed by atoms with van der Waals surface area (Å²) in [5.41, 5.74) is 0. The molecule has 0 unspecified atom stereocenters. The van der Waals surface area contributed by atoms with Gasteiger partial charge in [0.1, 0.15) is 0 Å². The summed E-state index contributed by atoms with van der Waals surface area (Å²) in [4.78, 5) is 0. The molecule has 2 aromatic carbocycles. The molecule has 0 saturated heterocycles. The standard InChI is InChI=1S/C9H7.C5H5.C4H10.Hf/c1-2-5-9-7-3-6-8(9)4-1;1-2-4-5-3-1;1-3-4-2;/h1-7H;1-3H,4H2;3-4H2,1-2H3;/q2*-1;;. The van der Waals surface area contributed by atoms with Gasteiger partial charge in [0, 0.05) is 25.8 Å². The minimum Gasteiger partial charge on any atom is -0.273 e. The SMILES string of the molecule is CCCC.[C-]1=CC=CC1.[Hf].c1ccc2[cH-]ccc2c1. The zero-order valence-electron chi connectivity index (χ0n) is 11.9. The van der Waals surface area contributed by atoms with Crippen LogP contribution in [0.15, 0.2) is 60.7 Å². The molecule has 0 aliphatic heterocycles. The number of fused-ring (bicyclic) bond motifs is 1. The topological polar surface area (TPSA) is 0 Å². The van der Waals surface area contributed by atoms with Crippen molar-refractivity contribution in [1.29, 1.82) is 0 Å². The molecule has 0 heterocycles. The molecular weight excluding hydrogens is 395 g/mol. The summed E-state index contributed by atoms with van der Waals surface area (Å²) in [7, 11) is 0. The van der Waals surface area contributed by atoms with Crippen LogP contribution in [0.1, 0.15) is 33.1 Å². The zero-order valence-corrected chi connectivity index (χ0v) is 15.5. The van der Waals surface area contributed by atoms with E-state index in [0.717, 1.165) is 6.42 Å². The van der Waals surface area contributed by atoms with Crippen molar-refractivity contribution in [3.8, 4) is 0 Å². The summed E-state index contributed by atoms with van der Waals surface area (Å²) >= 11 is 0. The Balaban J connectivity index is 0.000000280. The van der Waals surface area contributed by atoms with E-state index in [4.69, 9.17) is 0 Å². The van der Waals surface area contributed by atoms with Gasteiger partial charge in [-0.15, -0.1) is 36.1 Å². The molecule has 0 atom stereocenters. The van der Waals surface area contributed by atoms with Gasteiger partial charge < -0.3 is 0 Å². The predicted octanol–water partition coefficient (Wildman–Crippen LogP) is 5.67. The molecule has 2 aromatic rings. The molecule has 3 rings (SSSR count). The minimum atomic E-state index is 0. The first-order valence-electron chi connectivity index (χ1n) is 6.70. The molecule has 0 amide bonds. The summed E-state index contributed by atoms with van der Waals surface area (Å²) < 4.78 is 0. The van der Waals surface area contributed by atoms with Gasteiger partial charge in [0.15, 0.2) is 0 Å². The molecule has 0 saturated carbocycles. The fraction of sp³-hybridized carbons (Fsp3) is 0.278. The predicted molar refractivity (Wildman–Crippen MR) is 81.7 cm³/mol. The first-order valence-corrected chi connectivity index (χ1v) is 6.70. The molecule has 0 radical (unpaired) electrons. The van der Waals surface area contributed by atoms with Crippen LogP contribution in [0.3, 0.4) is 0 Å². The third-order valence-corrected chi connectivity index (χ3v) is 2.63. The second-order valence-corrected chi connectivity index (χ2v) is 4.16. The average molecular weight is 417 g/mol. The smallest absolute Gasteiger partial charge is 0 e. The molecular formula is C18H22Hf-2.